The summed E-state index contributed by atoms with van der Waals surface area (Å²) in [4.78, 5) is 1.14. The van der Waals surface area contributed by atoms with Gasteiger partial charge in [-0.05, 0) is 18.5 Å². The summed E-state index contributed by atoms with van der Waals surface area (Å²) in [6, 6.07) is 6.22. The first-order valence-electron chi connectivity index (χ1n) is 3.46. The average Bonchev–Trinajstić information content (AvgIpc) is 2.52. The number of hydrogen-bond acceptors (Lipinski definition) is 3. The van der Waals surface area contributed by atoms with Crippen LogP contribution in [0, 0.1) is 11.3 Å². The van der Waals surface area contributed by atoms with Crippen LogP contribution < -0.4 is 5.32 Å². The molecular formula is C8H10N2S. The summed E-state index contributed by atoms with van der Waals surface area (Å²) in [5, 5.41) is 13.7. The van der Waals surface area contributed by atoms with Gasteiger partial charge in [-0.2, -0.15) is 5.26 Å². The van der Waals surface area contributed by atoms with Crippen molar-refractivity contribution in [3.8, 4) is 6.07 Å². The first-order chi connectivity index (χ1) is 5.38. The van der Waals surface area contributed by atoms with Crippen molar-refractivity contribution < 1.29 is 0 Å². The molecule has 1 N–H and O–H groups in total. The number of likely N-dealkylation sites (N-methyl/N-ethyl adjacent to an activating group) is 1. The molecule has 1 unspecified atom stereocenters. The first kappa shape index (κ1) is 8.25. The average molecular weight is 166 g/mol. The quantitative estimate of drug-likeness (QED) is 0.740. The van der Waals surface area contributed by atoms with Gasteiger partial charge in [0.1, 0.15) is 0 Å². The minimum atomic E-state index is 0.0139. The smallest absolute Gasteiger partial charge is 0.0929 e. The maximum atomic E-state index is 8.75. The highest BCUT2D eigenvalue weighted by molar-refractivity contribution is 7.10. The molecule has 0 saturated carbocycles. The molecular weight excluding hydrogens is 156 g/mol. The lowest BCUT2D eigenvalue weighted by atomic mass is 10.1. The Morgan fingerprint density at radius 3 is 3.09 bits per heavy atom. The third-order valence-corrected chi connectivity index (χ3v) is 2.44. The molecule has 1 aromatic heterocycles. The number of hydrogen-bond donors (Lipinski definition) is 1. The van der Waals surface area contributed by atoms with Gasteiger partial charge in [0.25, 0.3) is 0 Å². The molecule has 1 atom stereocenters. The molecule has 3 heteroatoms. The van der Waals surface area contributed by atoms with Crippen LogP contribution in [0.25, 0.3) is 0 Å². The van der Waals surface area contributed by atoms with E-state index in [2.05, 4.69) is 11.4 Å². The Kier molecular flexibility index (Phi) is 3.09. The number of nitriles is 1. The van der Waals surface area contributed by atoms with Gasteiger partial charge in [0.2, 0.25) is 0 Å². The Hall–Kier alpha value is -0.850. The van der Waals surface area contributed by atoms with Crippen LogP contribution in [0.3, 0.4) is 0 Å². The molecule has 0 bridgehead atoms. The Labute approximate surface area is 70.5 Å². The summed E-state index contributed by atoms with van der Waals surface area (Å²) in [7, 11) is 1.86. The van der Waals surface area contributed by atoms with E-state index >= 15 is 0 Å². The van der Waals surface area contributed by atoms with Crippen molar-refractivity contribution in [2.45, 2.75) is 5.92 Å². The maximum Gasteiger partial charge on any atom is 0.0929 e. The maximum absolute atomic E-state index is 8.75. The third-order valence-electron chi connectivity index (χ3n) is 1.45. The van der Waals surface area contributed by atoms with Gasteiger partial charge >= 0.3 is 0 Å². The summed E-state index contributed by atoms with van der Waals surface area (Å²) in [6.45, 7) is 0.733. The molecule has 0 amide bonds. The fourth-order valence-corrected chi connectivity index (χ4v) is 1.68. The lowest BCUT2D eigenvalue weighted by molar-refractivity contribution is 0.742. The molecule has 0 fully saturated rings. The van der Waals surface area contributed by atoms with Gasteiger partial charge in [-0.1, -0.05) is 6.07 Å². The monoisotopic (exact) mass is 166 g/mol. The standard InChI is InChI=1S/C8H10N2S/c1-10-6-7(5-9)8-3-2-4-11-8/h2-4,7,10H,6H2,1H3. The van der Waals surface area contributed by atoms with Gasteiger partial charge < -0.3 is 5.32 Å². The van der Waals surface area contributed by atoms with E-state index in [4.69, 9.17) is 5.26 Å². The van der Waals surface area contributed by atoms with E-state index in [1.807, 2.05) is 24.6 Å². The van der Waals surface area contributed by atoms with Gasteiger partial charge in [-0.3, -0.25) is 0 Å². The highest BCUT2D eigenvalue weighted by atomic mass is 32.1. The zero-order valence-electron chi connectivity index (χ0n) is 6.37. The summed E-state index contributed by atoms with van der Waals surface area (Å²) in [5.41, 5.74) is 0. The molecule has 0 saturated heterocycles. The largest absolute Gasteiger partial charge is 0.318 e. The topological polar surface area (TPSA) is 35.8 Å². The molecule has 0 spiro atoms. The zero-order valence-corrected chi connectivity index (χ0v) is 7.19. The summed E-state index contributed by atoms with van der Waals surface area (Å²) >= 11 is 1.63. The van der Waals surface area contributed by atoms with Crippen LogP contribution in [0.5, 0.6) is 0 Å². The van der Waals surface area contributed by atoms with Crippen LogP contribution in [-0.2, 0) is 0 Å². The van der Waals surface area contributed by atoms with E-state index < -0.39 is 0 Å². The van der Waals surface area contributed by atoms with E-state index in [1.165, 1.54) is 0 Å². The molecule has 0 aliphatic rings. The van der Waals surface area contributed by atoms with Crippen molar-refractivity contribution in [1.82, 2.24) is 5.32 Å². The van der Waals surface area contributed by atoms with Crippen LogP contribution in [-0.4, -0.2) is 13.6 Å². The first-order valence-corrected chi connectivity index (χ1v) is 4.34. The predicted octanol–water partition coefficient (Wildman–Crippen LogP) is 1.57. The Morgan fingerprint density at radius 2 is 2.64 bits per heavy atom. The molecule has 0 radical (unpaired) electrons. The molecule has 1 aromatic rings. The molecule has 2 nitrogen and oxygen atoms in total. The second-order valence-electron chi connectivity index (χ2n) is 2.25. The predicted molar refractivity (Wildman–Crippen MR) is 46.6 cm³/mol. The van der Waals surface area contributed by atoms with E-state index in [-0.39, 0.29) is 5.92 Å². The van der Waals surface area contributed by atoms with Gasteiger partial charge in [0, 0.05) is 11.4 Å². The third kappa shape index (κ3) is 2.04. The van der Waals surface area contributed by atoms with E-state index in [0.717, 1.165) is 11.4 Å². The number of thiophene rings is 1. The van der Waals surface area contributed by atoms with E-state index in [0.29, 0.717) is 0 Å². The summed E-state index contributed by atoms with van der Waals surface area (Å²) in [6.07, 6.45) is 0. The fourth-order valence-electron chi connectivity index (χ4n) is 0.904. The molecule has 11 heavy (non-hydrogen) atoms. The minimum absolute atomic E-state index is 0.0139. The van der Waals surface area contributed by atoms with Gasteiger partial charge in [0.15, 0.2) is 0 Å². The molecule has 1 rings (SSSR count). The van der Waals surface area contributed by atoms with Crippen molar-refractivity contribution in [3.05, 3.63) is 22.4 Å². The Balaban J connectivity index is 2.65. The van der Waals surface area contributed by atoms with Gasteiger partial charge in [0.05, 0.1) is 12.0 Å². The number of rotatable bonds is 3. The van der Waals surface area contributed by atoms with Crippen molar-refractivity contribution in [1.29, 1.82) is 5.26 Å². The van der Waals surface area contributed by atoms with Crippen molar-refractivity contribution >= 4 is 11.3 Å². The van der Waals surface area contributed by atoms with Crippen LogP contribution in [0.1, 0.15) is 10.8 Å². The summed E-state index contributed by atoms with van der Waals surface area (Å²) < 4.78 is 0. The zero-order chi connectivity index (χ0) is 8.10. The van der Waals surface area contributed by atoms with Crippen LogP contribution in [0.15, 0.2) is 17.5 Å². The highest BCUT2D eigenvalue weighted by Crippen LogP contribution is 2.19. The molecule has 1 heterocycles. The minimum Gasteiger partial charge on any atom is -0.318 e. The van der Waals surface area contributed by atoms with Crippen LogP contribution >= 0.6 is 11.3 Å². The Bertz CT molecular complexity index is 235. The van der Waals surface area contributed by atoms with Crippen LogP contribution in [0.4, 0.5) is 0 Å². The van der Waals surface area contributed by atoms with Crippen molar-refractivity contribution in [3.63, 3.8) is 0 Å². The second-order valence-corrected chi connectivity index (χ2v) is 3.23. The Morgan fingerprint density at radius 1 is 1.82 bits per heavy atom. The van der Waals surface area contributed by atoms with E-state index in [9.17, 15) is 0 Å². The van der Waals surface area contributed by atoms with Gasteiger partial charge in [-0.25, -0.2) is 0 Å². The lowest BCUT2D eigenvalue weighted by Gasteiger charge is -2.03. The van der Waals surface area contributed by atoms with Crippen LogP contribution in [0.2, 0.25) is 0 Å². The lowest BCUT2D eigenvalue weighted by Crippen LogP contribution is -2.14. The molecule has 58 valence electrons. The summed E-state index contributed by atoms with van der Waals surface area (Å²) in [5.74, 6) is 0.0139. The number of nitrogens with zero attached hydrogens (tertiary/aromatic N) is 1. The number of nitrogens with one attached hydrogen (secondary N) is 1. The highest BCUT2D eigenvalue weighted by Gasteiger charge is 2.08. The fraction of sp³-hybridized carbons (Fsp3) is 0.375. The second kappa shape index (κ2) is 4.12. The molecule has 0 aliphatic carbocycles. The van der Waals surface area contributed by atoms with E-state index in [1.54, 1.807) is 11.3 Å². The van der Waals surface area contributed by atoms with Crippen molar-refractivity contribution in [2.75, 3.05) is 13.6 Å². The molecule has 0 aliphatic heterocycles. The SMILES string of the molecule is CNCC(C#N)c1cccs1. The van der Waals surface area contributed by atoms with Gasteiger partial charge in [-0.15, -0.1) is 11.3 Å². The normalized spacial score (nSPS) is 12.4. The van der Waals surface area contributed by atoms with Crippen molar-refractivity contribution in [2.24, 2.45) is 0 Å². The molecule has 0 aromatic carbocycles.